The number of nitrogens with zero attached hydrogens (tertiary/aromatic N) is 6. The van der Waals surface area contributed by atoms with Crippen molar-refractivity contribution in [1.82, 2.24) is 30.1 Å². The van der Waals surface area contributed by atoms with E-state index in [1.165, 1.54) is 11.1 Å². The van der Waals surface area contributed by atoms with E-state index in [9.17, 15) is 4.79 Å². The molecule has 0 saturated heterocycles. The van der Waals surface area contributed by atoms with Gasteiger partial charge < -0.3 is 10.2 Å². The van der Waals surface area contributed by atoms with Crippen molar-refractivity contribution in [2.24, 2.45) is 0 Å². The van der Waals surface area contributed by atoms with E-state index in [1.54, 1.807) is 11.7 Å². The van der Waals surface area contributed by atoms with Crippen LogP contribution < -0.4 is 10.2 Å². The molecule has 4 aromatic carbocycles. The summed E-state index contributed by atoms with van der Waals surface area (Å²) in [4.78, 5) is 14.0. The minimum atomic E-state index is -0.00579. The van der Waals surface area contributed by atoms with Gasteiger partial charge in [0.15, 0.2) is 0 Å². The van der Waals surface area contributed by atoms with Crippen LogP contribution in [0.15, 0.2) is 109 Å². The summed E-state index contributed by atoms with van der Waals surface area (Å²) in [6, 6.07) is 35.5. The molecule has 8 nitrogen and oxygen atoms in total. The van der Waals surface area contributed by atoms with Crippen molar-refractivity contribution >= 4 is 11.6 Å². The maximum Gasteiger partial charge on any atom is 0.220 e. The van der Waals surface area contributed by atoms with Crippen molar-refractivity contribution in [3.8, 4) is 45.0 Å². The molecule has 6 aromatic rings. The second-order valence-corrected chi connectivity index (χ2v) is 11.1. The number of aryl methyl sites for hydroxylation is 2. The van der Waals surface area contributed by atoms with Crippen molar-refractivity contribution < 1.29 is 4.79 Å². The molecule has 0 spiro atoms. The highest BCUT2D eigenvalue weighted by Gasteiger charge is 2.14. The number of amides is 1. The minimum absolute atomic E-state index is 0.00579. The Hall–Kier alpha value is -5.50. The van der Waals surface area contributed by atoms with Crippen LogP contribution in [0.2, 0.25) is 0 Å². The Morgan fingerprint density at radius 2 is 1.36 bits per heavy atom. The molecule has 1 amide bonds. The molecule has 0 bridgehead atoms. The van der Waals surface area contributed by atoms with Gasteiger partial charge in [-0.3, -0.25) is 4.79 Å². The molecule has 0 saturated carbocycles. The van der Waals surface area contributed by atoms with E-state index in [2.05, 4.69) is 106 Å². The Labute approximate surface area is 257 Å². The standard InChI is InChI=1S/C36H35N7O/c1-25-5-7-26(8-6-25)27-9-11-29(12-10-27)35-23-30(15-22-36(44)37-2)39-43(35)33-20-18-32(19-21-33)42-24-34(38-40-42)28-13-16-31(17-14-28)41(3)4/h5-14,16-21,23-24H,15,22H2,1-4H3,(H,37,44). The number of carbonyl (C=O) groups is 1. The third-order valence-electron chi connectivity index (χ3n) is 7.74. The van der Waals surface area contributed by atoms with Crippen molar-refractivity contribution in [2.45, 2.75) is 19.8 Å². The van der Waals surface area contributed by atoms with Gasteiger partial charge in [-0.1, -0.05) is 71.4 Å². The lowest BCUT2D eigenvalue weighted by Crippen LogP contribution is -2.18. The number of anilines is 1. The van der Waals surface area contributed by atoms with Crippen LogP contribution in [0.5, 0.6) is 0 Å². The number of benzene rings is 4. The lowest BCUT2D eigenvalue weighted by Gasteiger charge is -2.11. The lowest BCUT2D eigenvalue weighted by atomic mass is 10.0. The first-order chi connectivity index (χ1) is 21.4. The monoisotopic (exact) mass is 581 g/mol. The van der Waals surface area contributed by atoms with Gasteiger partial charge in [-0.2, -0.15) is 5.10 Å². The Morgan fingerprint density at radius 3 is 2.00 bits per heavy atom. The molecule has 0 aliphatic heterocycles. The van der Waals surface area contributed by atoms with Crippen LogP contribution in [0.25, 0.3) is 45.0 Å². The van der Waals surface area contributed by atoms with Crippen LogP contribution in [0.3, 0.4) is 0 Å². The summed E-state index contributed by atoms with van der Waals surface area (Å²) in [5.41, 5.74) is 11.2. The maximum absolute atomic E-state index is 12.0. The number of hydrogen-bond acceptors (Lipinski definition) is 5. The van der Waals surface area contributed by atoms with Gasteiger partial charge in [0.1, 0.15) is 5.69 Å². The molecule has 0 atom stereocenters. The fourth-order valence-corrected chi connectivity index (χ4v) is 5.10. The minimum Gasteiger partial charge on any atom is -0.378 e. The first kappa shape index (κ1) is 28.6. The van der Waals surface area contributed by atoms with Gasteiger partial charge in [0.25, 0.3) is 0 Å². The largest absolute Gasteiger partial charge is 0.378 e. The Bertz CT molecular complexity index is 1870. The van der Waals surface area contributed by atoms with Gasteiger partial charge in [0.2, 0.25) is 5.91 Å². The summed E-state index contributed by atoms with van der Waals surface area (Å²) in [6.45, 7) is 2.09. The molecule has 1 N–H and O–H groups in total. The molecular formula is C36H35N7O. The van der Waals surface area contributed by atoms with E-state index in [0.29, 0.717) is 12.8 Å². The zero-order chi connectivity index (χ0) is 30.6. The van der Waals surface area contributed by atoms with Gasteiger partial charge in [-0.05, 0) is 60.5 Å². The second kappa shape index (κ2) is 12.4. The van der Waals surface area contributed by atoms with Crippen molar-refractivity contribution in [3.63, 3.8) is 0 Å². The predicted octanol–water partition coefficient (Wildman–Crippen LogP) is 6.51. The van der Waals surface area contributed by atoms with Crippen molar-refractivity contribution in [1.29, 1.82) is 0 Å². The predicted molar refractivity (Wildman–Crippen MR) is 176 cm³/mol. The second-order valence-electron chi connectivity index (χ2n) is 11.1. The SMILES string of the molecule is CNC(=O)CCc1cc(-c2ccc(-c3ccc(C)cc3)cc2)n(-c2ccc(-n3cc(-c4ccc(N(C)C)cc4)nn3)cc2)n1. The van der Waals surface area contributed by atoms with Gasteiger partial charge in [0.05, 0.1) is 29.0 Å². The maximum atomic E-state index is 12.0. The van der Waals surface area contributed by atoms with E-state index in [-0.39, 0.29) is 5.91 Å². The topological polar surface area (TPSA) is 80.9 Å². The highest BCUT2D eigenvalue weighted by molar-refractivity contribution is 5.76. The molecule has 0 unspecified atom stereocenters. The van der Waals surface area contributed by atoms with Crippen LogP contribution in [0.4, 0.5) is 5.69 Å². The molecule has 44 heavy (non-hydrogen) atoms. The van der Waals surface area contributed by atoms with E-state index in [4.69, 9.17) is 5.10 Å². The summed E-state index contributed by atoms with van der Waals surface area (Å²) in [5, 5.41) is 16.4. The third-order valence-corrected chi connectivity index (χ3v) is 7.74. The highest BCUT2D eigenvalue weighted by Crippen LogP contribution is 2.29. The van der Waals surface area contributed by atoms with Gasteiger partial charge in [-0.15, -0.1) is 5.10 Å². The number of carbonyl (C=O) groups excluding carboxylic acids is 1. The number of hydrogen-bond donors (Lipinski definition) is 1. The van der Waals surface area contributed by atoms with Crippen molar-refractivity contribution in [2.75, 3.05) is 26.0 Å². The van der Waals surface area contributed by atoms with Crippen LogP contribution in [0, 0.1) is 6.92 Å². The van der Waals surface area contributed by atoms with Crippen LogP contribution in [-0.4, -0.2) is 51.8 Å². The first-order valence-corrected chi connectivity index (χ1v) is 14.7. The van der Waals surface area contributed by atoms with E-state index in [0.717, 1.165) is 50.8 Å². The quantitative estimate of drug-likeness (QED) is 0.211. The molecular weight excluding hydrogens is 546 g/mol. The molecule has 0 radical (unpaired) electrons. The van der Waals surface area contributed by atoms with Gasteiger partial charge in [0, 0.05) is 50.8 Å². The molecule has 220 valence electrons. The summed E-state index contributed by atoms with van der Waals surface area (Å²) >= 11 is 0. The number of nitrogens with one attached hydrogen (secondary N) is 1. The molecule has 0 fully saturated rings. The highest BCUT2D eigenvalue weighted by atomic mass is 16.1. The van der Waals surface area contributed by atoms with Gasteiger partial charge in [-0.25, -0.2) is 9.36 Å². The smallest absolute Gasteiger partial charge is 0.220 e. The summed E-state index contributed by atoms with van der Waals surface area (Å²) in [5.74, 6) is -0.00579. The normalized spacial score (nSPS) is 11.0. The van der Waals surface area contributed by atoms with Crippen LogP contribution in [0.1, 0.15) is 17.7 Å². The van der Waals surface area contributed by atoms with Crippen LogP contribution in [-0.2, 0) is 11.2 Å². The molecule has 8 heteroatoms. The molecule has 0 aliphatic rings. The average Bonchev–Trinajstić information content (AvgIpc) is 3.73. The molecule has 2 heterocycles. The van der Waals surface area contributed by atoms with E-state index < -0.39 is 0 Å². The van der Waals surface area contributed by atoms with E-state index in [1.807, 2.05) is 49.2 Å². The van der Waals surface area contributed by atoms with Gasteiger partial charge >= 0.3 is 0 Å². The Kier molecular flexibility index (Phi) is 8.06. The number of rotatable bonds is 9. The Balaban J connectivity index is 1.28. The lowest BCUT2D eigenvalue weighted by molar-refractivity contribution is -0.120. The number of aromatic nitrogens is 5. The summed E-state index contributed by atoms with van der Waals surface area (Å²) < 4.78 is 3.73. The fraction of sp³-hybridized carbons (Fsp3) is 0.167. The first-order valence-electron chi connectivity index (χ1n) is 14.7. The van der Waals surface area contributed by atoms with Crippen molar-refractivity contribution in [3.05, 3.63) is 121 Å². The fourth-order valence-electron chi connectivity index (χ4n) is 5.10. The molecule has 0 aliphatic carbocycles. The Morgan fingerprint density at radius 1 is 0.773 bits per heavy atom. The summed E-state index contributed by atoms with van der Waals surface area (Å²) in [6.07, 6.45) is 2.87. The zero-order valence-corrected chi connectivity index (χ0v) is 25.4. The zero-order valence-electron chi connectivity index (χ0n) is 25.4. The molecule has 6 rings (SSSR count). The average molecular weight is 582 g/mol. The third kappa shape index (κ3) is 6.15. The summed E-state index contributed by atoms with van der Waals surface area (Å²) in [7, 11) is 5.70. The molecule has 2 aromatic heterocycles. The van der Waals surface area contributed by atoms with E-state index >= 15 is 0 Å². The van der Waals surface area contributed by atoms with Crippen LogP contribution >= 0.6 is 0 Å².